The summed E-state index contributed by atoms with van der Waals surface area (Å²) < 4.78 is 19.3. The molecule has 0 radical (unpaired) electrons. The van der Waals surface area contributed by atoms with Gasteiger partial charge < -0.3 is 0 Å². The van der Waals surface area contributed by atoms with Crippen molar-refractivity contribution in [1.82, 2.24) is 0 Å². The van der Waals surface area contributed by atoms with Crippen LogP contribution in [-0.2, 0) is 13.6 Å². The molecule has 1 saturated heterocycles. The normalized spacial score (nSPS) is 47.5. The molecule has 0 spiro atoms. The predicted octanol–water partition coefficient (Wildman–Crippen LogP) is 1.94. The lowest BCUT2D eigenvalue weighted by atomic mass is 10.8. The van der Waals surface area contributed by atoms with Crippen molar-refractivity contribution in [2.45, 2.75) is 5.56 Å². The van der Waals surface area contributed by atoms with Crippen LogP contribution in [0.15, 0.2) is 0 Å². The zero-order valence-electron chi connectivity index (χ0n) is 3.71. The SMILES string of the molecule is O=P1(Cl)OCC(Cl)O1. The van der Waals surface area contributed by atoms with Gasteiger partial charge in [0.2, 0.25) is 0 Å². The number of hydrogen-bond donors (Lipinski definition) is 0. The van der Waals surface area contributed by atoms with E-state index in [0.717, 1.165) is 0 Å². The first-order valence-electron chi connectivity index (χ1n) is 1.87. The van der Waals surface area contributed by atoms with E-state index < -0.39 is 12.5 Å². The topological polar surface area (TPSA) is 35.5 Å². The molecule has 48 valence electrons. The van der Waals surface area contributed by atoms with Crippen LogP contribution in [0, 0.1) is 0 Å². The Labute approximate surface area is 56.2 Å². The molecule has 2 unspecified atom stereocenters. The molecule has 0 saturated carbocycles. The fourth-order valence-electron chi connectivity index (χ4n) is 0.345. The molecular weight excluding hydrogens is 174 g/mol. The Morgan fingerprint density at radius 3 is 2.50 bits per heavy atom. The maximum absolute atomic E-state index is 10.5. The summed E-state index contributed by atoms with van der Waals surface area (Å²) >= 11 is 10.4. The summed E-state index contributed by atoms with van der Waals surface area (Å²) in [7, 11) is 0. The molecule has 0 amide bonds. The van der Waals surface area contributed by atoms with Gasteiger partial charge in [-0.05, 0) is 0 Å². The van der Waals surface area contributed by atoms with Gasteiger partial charge in [0.1, 0.15) is 0 Å². The van der Waals surface area contributed by atoms with Crippen molar-refractivity contribution in [2.75, 3.05) is 6.61 Å². The highest BCUT2D eigenvalue weighted by atomic mass is 35.7. The summed E-state index contributed by atoms with van der Waals surface area (Å²) in [4.78, 5) is 0. The molecule has 0 aromatic rings. The Balaban J connectivity index is 2.57. The van der Waals surface area contributed by atoms with Crippen molar-refractivity contribution in [3.8, 4) is 0 Å². The molecule has 1 rings (SSSR count). The quantitative estimate of drug-likeness (QED) is 0.418. The molecule has 1 aliphatic heterocycles. The van der Waals surface area contributed by atoms with Crippen molar-refractivity contribution < 1.29 is 13.6 Å². The van der Waals surface area contributed by atoms with E-state index in [1.54, 1.807) is 0 Å². The Bertz CT molecular complexity index is 137. The van der Waals surface area contributed by atoms with E-state index in [4.69, 9.17) is 22.8 Å². The van der Waals surface area contributed by atoms with Gasteiger partial charge in [0.05, 0.1) is 6.61 Å². The Morgan fingerprint density at radius 1 is 1.75 bits per heavy atom. The zero-order chi connectivity index (χ0) is 6.20. The fourth-order valence-corrected chi connectivity index (χ4v) is 2.10. The van der Waals surface area contributed by atoms with E-state index in [1.807, 2.05) is 0 Å². The first kappa shape index (κ1) is 6.84. The third kappa shape index (κ3) is 1.61. The lowest BCUT2D eigenvalue weighted by molar-refractivity contribution is 0.323. The number of halogens is 2. The van der Waals surface area contributed by atoms with Gasteiger partial charge >= 0.3 is 6.95 Å². The third-order valence-corrected chi connectivity index (χ3v) is 2.43. The minimum atomic E-state index is -3.26. The van der Waals surface area contributed by atoms with E-state index in [9.17, 15) is 4.57 Å². The maximum atomic E-state index is 10.5. The number of rotatable bonds is 0. The second-order valence-corrected chi connectivity index (χ2v) is 4.30. The van der Waals surface area contributed by atoms with E-state index in [0.29, 0.717) is 0 Å². The highest BCUT2D eigenvalue weighted by molar-refractivity contribution is 7.81. The van der Waals surface area contributed by atoms with Crippen LogP contribution < -0.4 is 0 Å². The van der Waals surface area contributed by atoms with Gasteiger partial charge in [-0.3, -0.25) is 9.05 Å². The third-order valence-electron chi connectivity index (χ3n) is 0.600. The van der Waals surface area contributed by atoms with Gasteiger partial charge in [0.15, 0.2) is 5.56 Å². The summed E-state index contributed by atoms with van der Waals surface area (Å²) in [6, 6.07) is 0. The molecule has 0 bridgehead atoms. The summed E-state index contributed by atoms with van der Waals surface area (Å²) in [6.07, 6.45) is 0. The van der Waals surface area contributed by atoms with Crippen LogP contribution >= 0.6 is 29.8 Å². The van der Waals surface area contributed by atoms with E-state index in [1.165, 1.54) is 0 Å². The Kier molecular flexibility index (Phi) is 1.85. The summed E-state index contributed by atoms with van der Waals surface area (Å²) in [5.74, 6) is 0. The van der Waals surface area contributed by atoms with Crippen LogP contribution in [0.1, 0.15) is 0 Å². The molecule has 0 aromatic carbocycles. The van der Waals surface area contributed by atoms with Gasteiger partial charge in [-0.15, -0.1) is 0 Å². The smallest absolute Gasteiger partial charge is 0.293 e. The van der Waals surface area contributed by atoms with Gasteiger partial charge in [0.25, 0.3) is 0 Å². The highest BCUT2D eigenvalue weighted by Crippen LogP contribution is 2.59. The highest BCUT2D eigenvalue weighted by Gasteiger charge is 2.33. The van der Waals surface area contributed by atoms with Crippen molar-refractivity contribution in [3.05, 3.63) is 0 Å². The van der Waals surface area contributed by atoms with E-state index in [-0.39, 0.29) is 6.61 Å². The summed E-state index contributed by atoms with van der Waals surface area (Å²) in [5, 5.41) is 0. The van der Waals surface area contributed by atoms with Crippen molar-refractivity contribution in [1.29, 1.82) is 0 Å². The van der Waals surface area contributed by atoms with E-state index >= 15 is 0 Å². The monoisotopic (exact) mass is 176 g/mol. The molecule has 6 heteroatoms. The second-order valence-electron chi connectivity index (χ2n) is 1.24. The zero-order valence-corrected chi connectivity index (χ0v) is 6.12. The lowest BCUT2D eigenvalue weighted by Crippen LogP contribution is -1.95. The Morgan fingerprint density at radius 2 is 2.38 bits per heavy atom. The summed E-state index contributed by atoms with van der Waals surface area (Å²) in [6.45, 7) is -3.16. The molecule has 2 atom stereocenters. The Hall–Kier alpha value is 0.730. The molecule has 0 aromatic heterocycles. The molecule has 0 N–H and O–H groups in total. The van der Waals surface area contributed by atoms with Gasteiger partial charge in [0, 0.05) is 11.2 Å². The average Bonchev–Trinajstić information content (AvgIpc) is 1.82. The molecule has 3 nitrogen and oxygen atoms in total. The molecule has 0 aliphatic carbocycles. The van der Waals surface area contributed by atoms with Gasteiger partial charge in [-0.1, -0.05) is 11.6 Å². The molecular formula is C2H3Cl2O3P. The van der Waals surface area contributed by atoms with Crippen LogP contribution in [0.2, 0.25) is 0 Å². The fraction of sp³-hybridized carbons (Fsp3) is 1.00. The average molecular weight is 177 g/mol. The largest absolute Gasteiger partial charge is 0.425 e. The first-order chi connectivity index (χ1) is 3.60. The van der Waals surface area contributed by atoms with Crippen LogP contribution in [0.5, 0.6) is 0 Å². The molecule has 8 heavy (non-hydrogen) atoms. The van der Waals surface area contributed by atoms with E-state index in [2.05, 4.69) is 9.05 Å². The lowest BCUT2D eigenvalue weighted by Gasteiger charge is -1.95. The van der Waals surface area contributed by atoms with Crippen LogP contribution in [0.25, 0.3) is 0 Å². The number of hydrogen-bond acceptors (Lipinski definition) is 3. The predicted molar refractivity (Wildman–Crippen MR) is 30.1 cm³/mol. The van der Waals surface area contributed by atoms with Gasteiger partial charge in [-0.2, -0.15) is 0 Å². The van der Waals surface area contributed by atoms with Crippen molar-refractivity contribution >= 4 is 29.8 Å². The standard InChI is InChI=1S/C2H3Cl2O3P/c3-2-1-6-8(4,5)7-2/h2H,1H2. The summed E-state index contributed by atoms with van der Waals surface area (Å²) in [5.41, 5.74) is -0.654. The minimum absolute atomic E-state index is 0.0995. The molecule has 1 fully saturated rings. The maximum Gasteiger partial charge on any atom is 0.425 e. The van der Waals surface area contributed by atoms with Crippen molar-refractivity contribution in [2.24, 2.45) is 0 Å². The first-order valence-corrected chi connectivity index (χ1v) is 4.75. The number of alkyl halides is 1. The van der Waals surface area contributed by atoms with Crippen LogP contribution in [0.3, 0.4) is 0 Å². The van der Waals surface area contributed by atoms with Crippen LogP contribution in [-0.4, -0.2) is 12.2 Å². The van der Waals surface area contributed by atoms with Crippen molar-refractivity contribution in [3.63, 3.8) is 0 Å². The van der Waals surface area contributed by atoms with Crippen LogP contribution in [0.4, 0.5) is 0 Å². The molecule has 1 aliphatic rings. The molecule has 1 heterocycles. The minimum Gasteiger partial charge on any atom is -0.293 e. The van der Waals surface area contributed by atoms with Gasteiger partial charge in [-0.25, -0.2) is 4.57 Å². The second kappa shape index (κ2) is 2.16.